The van der Waals surface area contributed by atoms with Crippen molar-refractivity contribution in [1.29, 1.82) is 0 Å². The lowest BCUT2D eigenvalue weighted by Crippen LogP contribution is -2.37. The van der Waals surface area contributed by atoms with E-state index in [1.54, 1.807) is 0 Å². The van der Waals surface area contributed by atoms with Crippen LogP contribution in [0.5, 0.6) is 0 Å². The Morgan fingerprint density at radius 3 is 2.62 bits per heavy atom. The molecule has 0 bridgehead atoms. The molecule has 1 fully saturated rings. The van der Waals surface area contributed by atoms with Crippen molar-refractivity contribution in [2.45, 2.75) is 20.0 Å². The van der Waals surface area contributed by atoms with Crippen molar-refractivity contribution in [1.82, 2.24) is 4.90 Å². The van der Waals surface area contributed by atoms with Crippen LogP contribution < -0.4 is 0 Å². The summed E-state index contributed by atoms with van der Waals surface area (Å²) in [7, 11) is 0. The van der Waals surface area contributed by atoms with Crippen molar-refractivity contribution in [2.75, 3.05) is 31.1 Å². The van der Waals surface area contributed by atoms with E-state index >= 15 is 0 Å². The van der Waals surface area contributed by atoms with E-state index in [4.69, 9.17) is 4.74 Å². The number of nitrogens with zero attached hydrogens (tertiary/aromatic N) is 1. The van der Waals surface area contributed by atoms with Crippen LogP contribution in [0.2, 0.25) is 0 Å². The molecule has 0 unspecified atom stereocenters. The normalized spacial score (nSPS) is 19.0. The maximum Gasteiger partial charge on any atom is 0.320 e. The Hall–Kier alpha value is -0.220. The van der Waals surface area contributed by atoms with Gasteiger partial charge in [0.05, 0.1) is 12.6 Å². The van der Waals surface area contributed by atoms with Crippen molar-refractivity contribution in [2.24, 2.45) is 0 Å². The van der Waals surface area contributed by atoms with Crippen molar-refractivity contribution in [3.05, 3.63) is 0 Å². The Balaban J connectivity index is 2.18. The molecular formula is C9H17NO2S. The van der Waals surface area contributed by atoms with E-state index in [9.17, 15) is 4.79 Å². The summed E-state index contributed by atoms with van der Waals surface area (Å²) in [5, 5.41) is 0. The zero-order valence-corrected chi connectivity index (χ0v) is 9.10. The van der Waals surface area contributed by atoms with Crippen LogP contribution in [-0.4, -0.2) is 48.1 Å². The Kier molecular flexibility index (Phi) is 4.59. The van der Waals surface area contributed by atoms with Gasteiger partial charge >= 0.3 is 5.97 Å². The van der Waals surface area contributed by atoms with E-state index in [1.165, 1.54) is 0 Å². The largest absolute Gasteiger partial charge is 0.462 e. The van der Waals surface area contributed by atoms with Gasteiger partial charge < -0.3 is 4.74 Å². The van der Waals surface area contributed by atoms with E-state index in [0.29, 0.717) is 6.54 Å². The molecule has 1 aliphatic heterocycles. The van der Waals surface area contributed by atoms with Gasteiger partial charge in [-0.15, -0.1) is 0 Å². The van der Waals surface area contributed by atoms with E-state index in [1.807, 2.05) is 25.6 Å². The highest BCUT2D eigenvalue weighted by Crippen LogP contribution is 2.08. The average Bonchev–Trinajstić information content (AvgIpc) is 2.04. The predicted molar refractivity (Wildman–Crippen MR) is 55.0 cm³/mol. The number of hydrogen-bond donors (Lipinski definition) is 0. The summed E-state index contributed by atoms with van der Waals surface area (Å²) < 4.78 is 5.07. The summed E-state index contributed by atoms with van der Waals surface area (Å²) in [6, 6.07) is 0. The number of carbonyl (C=O) groups is 1. The van der Waals surface area contributed by atoms with E-state index in [0.717, 1.165) is 24.6 Å². The maximum absolute atomic E-state index is 11.3. The standard InChI is InChI=1S/C9H17NO2S/c1-8(2)12-9(11)7-10-3-5-13-6-4-10/h8H,3-7H2,1-2H3. The highest BCUT2D eigenvalue weighted by Gasteiger charge is 2.15. The van der Waals surface area contributed by atoms with Gasteiger partial charge in [0.25, 0.3) is 0 Å². The predicted octanol–water partition coefficient (Wildman–Crippen LogP) is 0.987. The molecule has 0 saturated carbocycles. The Labute approximate surface area is 83.8 Å². The second-order valence-corrected chi connectivity index (χ2v) is 4.65. The minimum atomic E-state index is -0.0955. The zero-order chi connectivity index (χ0) is 9.68. The summed E-state index contributed by atoms with van der Waals surface area (Å²) in [6.07, 6.45) is 0.00617. The minimum Gasteiger partial charge on any atom is -0.462 e. The number of esters is 1. The van der Waals surface area contributed by atoms with E-state index in [2.05, 4.69) is 4.90 Å². The zero-order valence-electron chi connectivity index (χ0n) is 8.28. The van der Waals surface area contributed by atoms with Gasteiger partial charge in [0.1, 0.15) is 0 Å². The number of thioether (sulfide) groups is 1. The number of hydrogen-bond acceptors (Lipinski definition) is 4. The van der Waals surface area contributed by atoms with Gasteiger partial charge in [0, 0.05) is 24.6 Å². The van der Waals surface area contributed by atoms with Crippen LogP contribution in [0.3, 0.4) is 0 Å². The third kappa shape index (κ3) is 4.52. The molecule has 0 amide bonds. The molecule has 1 saturated heterocycles. The second-order valence-electron chi connectivity index (χ2n) is 3.43. The fourth-order valence-corrected chi connectivity index (χ4v) is 2.22. The Morgan fingerprint density at radius 2 is 2.08 bits per heavy atom. The molecule has 4 heteroatoms. The fraction of sp³-hybridized carbons (Fsp3) is 0.889. The average molecular weight is 203 g/mol. The lowest BCUT2D eigenvalue weighted by molar-refractivity contribution is -0.148. The van der Waals surface area contributed by atoms with E-state index < -0.39 is 0 Å². The van der Waals surface area contributed by atoms with Crippen LogP contribution in [0.15, 0.2) is 0 Å². The van der Waals surface area contributed by atoms with Crippen LogP contribution in [0.1, 0.15) is 13.8 Å². The number of ether oxygens (including phenoxy) is 1. The molecule has 0 aromatic carbocycles. The summed E-state index contributed by atoms with van der Waals surface area (Å²) in [5.41, 5.74) is 0. The van der Waals surface area contributed by atoms with Crippen molar-refractivity contribution in [3.63, 3.8) is 0 Å². The molecule has 1 rings (SSSR count). The van der Waals surface area contributed by atoms with Crippen LogP contribution >= 0.6 is 11.8 Å². The van der Waals surface area contributed by atoms with Crippen LogP contribution in [-0.2, 0) is 9.53 Å². The van der Waals surface area contributed by atoms with E-state index in [-0.39, 0.29) is 12.1 Å². The molecule has 13 heavy (non-hydrogen) atoms. The van der Waals surface area contributed by atoms with Crippen molar-refractivity contribution < 1.29 is 9.53 Å². The first kappa shape index (κ1) is 10.9. The molecule has 0 N–H and O–H groups in total. The quantitative estimate of drug-likeness (QED) is 0.640. The topological polar surface area (TPSA) is 29.5 Å². The molecule has 0 aromatic rings. The summed E-state index contributed by atoms with van der Waals surface area (Å²) in [5.74, 6) is 2.17. The van der Waals surface area contributed by atoms with Gasteiger partial charge in [-0.3, -0.25) is 9.69 Å². The van der Waals surface area contributed by atoms with Gasteiger partial charge in [-0.05, 0) is 13.8 Å². The van der Waals surface area contributed by atoms with Gasteiger partial charge in [0.15, 0.2) is 0 Å². The van der Waals surface area contributed by atoms with Gasteiger partial charge in [-0.1, -0.05) is 0 Å². The molecule has 0 aromatic heterocycles. The molecule has 1 heterocycles. The molecule has 0 radical (unpaired) electrons. The Morgan fingerprint density at radius 1 is 1.46 bits per heavy atom. The second kappa shape index (κ2) is 5.50. The summed E-state index contributed by atoms with van der Waals surface area (Å²) in [6.45, 7) is 6.24. The minimum absolute atomic E-state index is 0.00617. The first-order valence-corrected chi connectivity index (χ1v) is 5.83. The lowest BCUT2D eigenvalue weighted by Gasteiger charge is -2.25. The summed E-state index contributed by atoms with van der Waals surface area (Å²) in [4.78, 5) is 13.4. The number of carbonyl (C=O) groups excluding carboxylic acids is 1. The molecule has 76 valence electrons. The molecule has 0 atom stereocenters. The van der Waals surface area contributed by atoms with Gasteiger partial charge in [0.2, 0.25) is 0 Å². The molecule has 1 aliphatic rings. The van der Waals surface area contributed by atoms with Crippen LogP contribution in [0.25, 0.3) is 0 Å². The molecular weight excluding hydrogens is 186 g/mol. The highest BCUT2D eigenvalue weighted by molar-refractivity contribution is 7.99. The molecule has 0 aliphatic carbocycles. The monoisotopic (exact) mass is 203 g/mol. The SMILES string of the molecule is CC(C)OC(=O)CN1CCSCC1. The van der Waals surface area contributed by atoms with Gasteiger partial charge in [-0.2, -0.15) is 11.8 Å². The van der Waals surface area contributed by atoms with Gasteiger partial charge in [-0.25, -0.2) is 0 Å². The van der Waals surface area contributed by atoms with Crippen molar-refractivity contribution in [3.8, 4) is 0 Å². The smallest absolute Gasteiger partial charge is 0.320 e. The first-order chi connectivity index (χ1) is 6.18. The van der Waals surface area contributed by atoms with Crippen LogP contribution in [0, 0.1) is 0 Å². The van der Waals surface area contributed by atoms with Crippen molar-refractivity contribution >= 4 is 17.7 Å². The molecule has 3 nitrogen and oxygen atoms in total. The van der Waals surface area contributed by atoms with Crippen LogP contribution in [0.4, 0.5) is 0 Å². The summed E-state index contributed by atoms with van der Waals surface area (Å²) >= 11 is 1.95. The fourth-order valence-electron chi connectivity index (χ4n) is 1.24. The maximum atomic E-state index is 11.3. The third-order valence-electron chi connectivity index (χ3n) is 1.82. The molecule has 0 spiro atoms. The number of rotatable bonds is 3. The first-order valence-electron chi connectivity index (χ1n) is 4.68. The Bertz CT molecular complexity index is 167. The third-order valence-corrected chi connectivity index (χ3v) is 2.77. The lowest BCUT2D eigenvalue weighted by atomic mass is 10.4. The highest BCUT2D eigenvalue weighted by atomic mass is 32.2.